The van der Waals surface area contributed by atoms with Crippen LogP contribution in [0.3, 0.4) is 0 Å². The molecule has 0 spiro atoms. The third-order valence-corrected chi connectivity index (χ3v) is 4.35. The van der Waals surface area contributed by atoms with Gasteiger partial charge in [0.1, 0.15) is 6.61 Å². The predicted molar refractivity (Wildman–Crippen MR) is 106 cm³/mol. The molecule has 6 nitrogen and oxygen atoms in total. The van der Waals surface area contributed by atoms with E-state index in [1.807, 2.05) is 19.1 Å². The van der Waals surface area contributed by atoms with Crippen molar-refractivity contribution in [1.29, 1.82) is 0 Å². The molecule has 0 radical (unpaired) electrons. The first kappa shape index (κ1) is 21.1. The normalized spacial score (nSPS) is 10.9. The minimum atomic E-state index is -0.0483. The zero-order chi connectivity index (χ0) is 19.5. The van der Waals surface area contributed by atoms with Crippen LogP contribution in [0.2, 0.25) is 0 Å². The van der Waals surface area contributed by atoms with E-state index in [9.17, 15) is 4.79 Å². The number of benzene rings is 1. The molecule has 0 saturated heterocycles. The molecule has 0 atom stereocenters. The Kier molecular flexibility index (Phi) is 8.98. The molecule has 1 aromatic heterocycles. The van der Waals surface area contributed by atoms with Gasteiger partial charge >= 0.3 is 6.01 Å². The lowest BCUT2D eigenvalue weighted by Crippen LogP contribution is -2.14. The smallest absolute Gasteiger partial charge is 0.336 e. The monoisotopic (exact) mass is 373 g/mol. The molecule has 1 heterocycles. The van der Waals surface area contributed by atoms with E-state index >= 15 is 0 Å². The number of aryl methyl sites for hydroxylation is 1. The fourth-order valence-electron chi connectivity index (χ4n) is 2.75. The van der Waals surface area contributed by atoms with Crippen molar-refractivity contribution in [3.63, 3.8) is 0 Å². The predicted octanol–water partition coefficient (Wildman–Crippen LogP) is 4.53. The van der Waals surface area contributed by atoms with Crippen molar-refractivity contribution in [2.24, 2.45) is 0 Å². The summed E-state index contributed by atoms with van der Waals surface area (Å²) in [5.74, 6) is 0.484. The molecule has 0 amide bonds. The Bertz CT molecular complexity index is 695. The first-order valence-electron chi connectivity index (χ1n) is 9.99. The van der Waals surface area contributed by atoms with E-state index in [4.69, 9.17) is 9.47 Å². The summed E-state index contributed by atoms with van der Waals surface area (Å²) in [5, 5.41) is 4.30. The maximum absolute atomic E-state index is 12.7. The van der Waals surface area contributed by atoms with Crippen LogP contribution < -0.4 is 4.74 Å². The van der Waals surface area contributed by atoms with E-state index in [0.717, 1.165) is 37.7 Å². The number of aromatic nitrogens is 3. The van der Waals surface area contributed by atoms with Gasteiger partial charge in [-0.2, -0.15) is 9.67 Å². The Balaban J connectivity index is 2.17. The third kappa shape index (κ3) is 6.47. The fourth-order valence-corrected chi connectivity index (χ4v) is 2.75. The Morgan fingerprint density at radius 3 is 2.48 bits per heavy atom. The van der Waals surface area contributed by atoms with Gasteiger partial charge in [-0.05, 0) is 25.3 Å². The van der Waals surface area contributed by atoms with Crippen molar-refractivity contribution in [3.05, 3.63) is 29.8 Å². The van der Waals surface area contributed by atoms with Crippen LogP contribution in [0.1, 0.15) is 63.2 Å². The quantitative estimate of drug-likeness (QED) is 0.511. The van der Waals surface area contributed by atoms with Crippen LogP contribution in [-0.4, -0.2) is 40.5 Å². The van der Waals surface area contributed by atoms with Crippen molar-refractivity contribution in [3.8, 4) is 17.4 Å². The molecule has 148 valence electrons. The van der Waals surface area contributed by atoms with Gasteiger partial charge in [0.25, 0.3) is 0 Å². The molecular weight excluding hydrogens is 342 g/mol. The molecular formula is C21H31N3O3. The minimum Gasteiger partial charge on any atom is -0.460 e. The van der Waals surface area contributed by atoms with Gasteiger partial charge in [0, 0.05) is 18.6 Å². The summed E-state index contributed by atoms with van der Waals surface area (Å²) < 4.78 is 12.2. The molecule has 27 heavy (non-hydrogen) atoms. The van der Waals surface area contributed by atoms with Crippen LogP contribution in [0, 0.1) is 0 Å². The van der Waals surface area contributed by atoms with Crippen molar-refractivity contribution in [1.82, 2.24) is 14.8 Å². The van der Waals surface area contributed by atoms with Gasteiger partial charge in [0.2, 0.25) is 5.91 Å². The first-order valence-corrected chi connectivity index (χ1v) is 9.99. The highest BCUT2D eigenvalue weighted by Crippen LogP contribution is 2.22. The number of carbonyl (C=O) groups is 1. The SMILES string of the molecule is CCCCCCC(=O)n1nc(OCCOCC)nc1-c1ccc(CC)cc1. The Morgan fingerprint density at radius 2 is 1.81 bits per heavy atom. The van der Waals surface area contributed by atoms with Gasteiger partial charge < -0.3 is 9.47 Å². The van der Waals surface area contributed by atoms with Gasteiger partial charge in [0.15, 0.2) is 5.82 Å². The van der Waals surface area contributed by atoms with Crippen molar-refractivity contribution >= 4 is 5.91 Å². The molecule has 0 aliphatic rings. The van der Waals surface area contributed by atoms with Gasteiger partial charge in [-0.1, -0.05) is 57.4 Å². The van der Waals surface area contributed by atoms with E-state index in [1.165, 1.54) is 10.2 Å². The molecule has 6 heteroatoms. The average Bonchev–Trinajstić information content (AvgIpc) is 3.13. The summed E-state index contributed by atoms with van der Waals surface area (Å²) in [7, 11) is 0. The summed E-state index contributed by atoms with van der Waals surface area (Å²) in [5.41, 5.74) is 2.10. The molecule has 2 rings (SSSR count). The number of carbonyl (C=O) groups excluding carboxylic acids is 1. The lowest BCUT2D eigenvalue weighted by Gasteiger charge is -2.05. The molecule has 0 N–H and O–H groups in total. The second kappa shape index (κ2) is 11.5. The standard InChI is InChI=1S/C21H31N3O3/c1-4-7-8-9-10-19(25)24-20(18-13-11-17(5-2)12-14-18)22-21(23-24)27-16-15-26-6-3/h11-14H,4-10,15-16H2,1-3H3. The van der Waals surface area contributed by atoms with E-state index in [2.05, 4.69) is 36.1 Å². The Hall–Kier alpha value is -2.21. The Labute approximate surface area is 161 Å². The highest BCUT2D eigenvalue weighted by molar-refractivity contribution is 5.82. The van der Waals surface area contributed by atoms with Crippen molar-refractivity contribution < 1.29 is 14.3 Å². The van der Waals surface area contributed by atoms with Crippen LogP contribution in [0.4, 0.5) is 0 Å². The van der Waals surface area contributed by atoms with Gasteiger partial charge in [-0.15, -0.1) is 5.10 Å². The maximum atomic E-state index is 12.7. The topological polar surface area (TPSA) is 66.2 Å². The molecule has 0 aliphatic heterocycles. The lowest BCUT2D eigenvalue weighted by atomic mass is 10.1. The van der Waals surface area contributed by atoms with Gasteiger partial charge in [-0.3, -0.25) is 4.79 Å². The molecule has 0 fully saturated rings. The second-order valence-electron chi connectivity index (χ2n) is 6.43. The molecule has 1 aromatic carbocycles. The molecule has 2 aromatic rings. The number of hydrogen-bond donors (Lipinski definition) is 0. The van der Waals surface area contributed by atoms with Gasteiger partial charge in [0.05, 0.1) is 6.61 Å². The number of nitrogens with zero attached hydrogens (tertiary/aromatic N) is 3. The number of rotatable bonds is 12. The van der Waals surface area contributed by atoms with Crippen LogP contribution in [-0.2, 0) is 11.2 Å². The van der Waals surface area contributed by atoms with E-state index in [1.54, 1.807) is 0 Å². The highest BCUT2D eigenvalue weighted by atomic mass is 16.5. The number of hydrogen-bond acceptors (Lipinski definition) is 5. The maximum Gasteiger partial charge on any atom is 0.336 e. The van der Waals surface area contributed by atoms with Crippen molar-refractivity contribution in [2.75, 3.05) is 19.8 Å². The average molecular weight is 373 g/mol. The van der Waals surface area contributed by atoms with Crippen LogP contribution >= 0.6 is 0 Å². The van der Waals surface area contributed by atoms with E-state index < -0.39 is 0 Å². The fraction of sp³-hybridized carbons (Fsp3) is 0.571. The summed E-state index contributed by atoms with van der Waals surface area (Å²) in [6.45, 7) is 7.66. The number of unbranched alkanes of at least 4 members (excludes halogenated alkanes) is 3. The Morgan fingerprint density at radius 1 is 1.04 bits per heavy atom. The molecule has 0 unspecified atom stereocenters. The summed E-state index contributed by atoms with van der Waals surface area (Å²) >= 11 is 0. The third-order valence-electron chi connectivity index (χ3n) is 4.35. The van der Waals surface area contributed by atoms with E-state index in [0.29, 0.717) is 32.1 Å². The zero-order valence-electron chi connectivity index (χ0n) is 16.7. The van der Waals surface area contributed by atoms with E-state index in [-0.39, 0.29) is 11.9 Å². The van der Waals surface area contributed by atoms with Crippen LogP contribution in [0.25, 0.3) is 11.4 Å². The van der Waals surface area contributed by atoms with Gasteiger partial charge in [-0.25, -0.2) is 0 Å². The second-order valence-corrected chi connectivity index (χ2v) is 6.43. The molecule has 0 bridgehead atoms. The number of ether oxygens (including phenoxy) is 2. The first-order chi connectivity index (χ1) is 13.2. The molecule has 0 aliphatic carbocycles. The lowest BCUT2D eigenvalue weighted by molar-refractivity contribution is 0.0878. The summed E-state index contributed by atoms with van der Waals surface area (Å²) in [6, 6.07) is 8.28. The largest absolute Gasteiger partial charge is 0.460 e. The van der Waals surface area contributed by atoms with Crippen LogP contribution in [0.15, 0.2) is 24.3 Å². The minimum absolute atomic E-state index is 0.0483. The summed E-state index contributed by atoms with van der Waals surface area (Å²) in [6.07, 6.45) is 5.62. The summed E-state index contributed by atoms with van der Waals surface area (Å²) in [4.78, 5) is 17.1. The highest BCUT2D eigenvalue weighted by Gasteiger charge is 2.18. The van der Waals surface area contributed by atoms with Crippen molar-refractivity contribution in [2.45, 2.75) is 59.3 Å². The van der Waals surface area contributed by atoms with Crippen LogP contribution in [0.5, 0.6) is 6.01 Å². The molecule has 0 saturated carbocycles. The zero-order valence-corrected chi connectivity index (χ0v) is 16.7.